The molecule has 3 aromatic rings. The van der Waals surface area contributed by atoms with Crippen LogP contribution in [0.3, 0.4) is 0 Å². The van der Waals surface area contributed by atoms with Crippen LogP contribution < -0.4 is 10.2 Å². The van der Waals surface area contributed by atoms with Gasteiger partial charge in [-0.1, -0.05) is 0 Å². The number of aromatic nitrogens is 6. The van der Waals surface area contributed by atoms with E-state index in [0.29, 0.717) is 28.8 Å². The Kier molecular flexibility index (Phi) is 3.19. The third-order valence-electron chi connectivity index (χ3n) is 3.78. The normalized spacial score (nSPS) is 13.6. The number of hydrogen-bond acceptors (Lipinski definition) is 7. The number of amides is 1. The summed E-state index contributed by atoms with van der Waals surface area (Å²) in [6, 6.07) is 3.79. The van der Waals surface area contributed by atoms with Crippen molar-refractivity contribution in [2.24, 2.45) is 0 Å². The number of carbonyl (C=O) groups excluding carboxylic acids is 1. The molecule has 0 aromatic carbocycles. The first-order valence-corrected chi connectivity index (χ1v) is 7.34. The average molecular weight is 322 g/mol. The molecule has 9 heteroatoms. The van der Waals surface area contributed by atoms with E-state index in [0.717, 1.165) is 11.3 Å². The molecule has 0 radical (unpaired) electrons. The van der Waals surface area contributed by atoms with E-state index in [1.807, 2.05) is 26.1 Å². The zero-order valence-corrected chi connectivity index (χ0v) is 13.1. The van der Waals surface area contributed by atoms with Crippen molar-refractivity contribution in [1.82, 2.24) is 30.1 Å². The van der Waals surface area contributed by atoms with E-state index in [1.165, 1.54) is 6.33 Å². The number of pyridine rings is 1. The maximum Gasteiger partial charge on any atom is 0.245 e. The second-order valence-corrected chi connectivity index (χ2v) is 5.50. The molecular formula is C15H14N8O. The molecule has 0 saturated heterocycles. The second-order valence-electron chi connectivity index (χ2n) is 5.50. The summed E-state index contributed by atoms with van der Waals surface area (Å²) >= 11 is 0. The number of nitrogens with one attached hydrogen (secondary N) is 2. The molecule has 120 valence electrons. The maximum absolute atomic E-state index is 11.6. The SMILES string of the molecule is Cc1nc(-c2nnc[nH]2)ccc1-c1cnc2c(n1)N(C)CC(=O)N2. The van der Waals surface area contributed by atoms with Crippen LogP contribution in [-0.4, -0.2) is 49.6 Å². The topological polar surface area (TPSA) is 113 Å². The van der Waals surface area contributed by atoms with Gasteiger partial charge in [0.05, 0.1) is 18.4 Å². The standard InChI is InChI=1S/C15H14N8O/c1-8-9(3-4-10(19-8)13-17-7-18-22-13)11-5-16-14-15(20-11)23(2)6-12(24)21-14/h3-5,7H,6H2,1-2H3,(H,16,21,24)(H,17,18,22). The number of rotatable bonds is 2. The van der Waals surface area contributed by atoms with E-state index in [9.17, 15) is 4.79 Å². The highest BCUT2D eigenvalue weighted by Crippen LogP contribution is 2.29. The fraction of sp³-hybridized carbons (Fsp3) is 0.200. The van der Waals surface area contributed by atoms with Crippen LogP contribution in [0.2, 0.25) is 0 Å². The lowest BCUT2D eigenvalue weighted by Crippen LogP contribution is -2.36. The molecule has 1 aliphatic heterocycles. The summed E-state index contributed by atoms with van der Waals surface area (Å²) < 4.78 is 0. The highest BCUT2D eigenvalue weighted by atomic mass is 16.2. The summed E-state index contributed by atoms with van der Waals surface area (Å²) in [5.41, 5.74) is 3.09. The van der Waals surface area contributed by atoms with E-state index in [2.05, 4.69) is 35.5 Å². The van der Waals surface area contributed by atoms with Gasteiger partial charge in [0, 0.05) is 18.3 Å². The third kappa shape index (κ3) is 2.35. The van der Waals surface area contributed by atoms with E-state index >= 15 is 0 Å². The third-order valence-corrected chi connectivity index (χ3v) is 3.78. The Hall–Kier alpha value is -3.36. The van der Waals surface area contributed by atoms with Crippen LogP contribution in [0, 0.1) is 6.92 Å². The summed E-state index contributed by atoms with van der Waals surface area (Å²) in [6.07, 6.45) is 3.15. The fourth-order valence-electron chi connectivity index (χ4n) is 2.62. The van der Waals surface area contributed by atoms with Crippen LogP contribution in [0.5, 0.6) is 0 Å². The lowest BCUT2D eigenvalue weighted by molar-refractivity contribution is -0.115. The van der Waals surface area contributed by atoms with Crippen LogP contribution in [-0.2, 0) is 4.79 Å². The van der Waals surface area contributed by atoms with Crippen LogP contribution in [0.4, 0.5) is 11.6 Å². The number of nitrogens with zero attached hydrogens (tertiary/aromatic N) is 6. The molecule has 9 nitrogen and oxygen atoms in total. The lowest BCUT2D eigenvalue weighted by Gasteiger charge is -2.25. The van der Waals surface area contributed by atoms with Gasteiger partial charge in [0.2, 0.25) is 5.91 Å². The predicted octanol–water partition coefficient (Wildman–Crippen LogP) is 1.02. The molecule has 0 atom stereocenters. The summed E-state index contributed by atoms with van der Waals surface area (Å²) in [7, 11) is 1.81. The van der Waals surface area contributed by atoms with E-state index in [4.69, 9.17) is 0 Å². The quantitative estimate of drug-likeness (QED) is 0.724. The van der Waals surface area contributed by atoms with Gasteiger partial charge in [0.25, 0.3) is 0 Å². The number of fused-ring (bicyclic) bond motifs is 1. The first-order valence-electron chi connectivity index (χ1n) is 7.34. The molecule has 0 saturated carbocycles. The zero-order chi connectivity index (χ0) is 16.7. The largest absolute Gasteiger partial charge is 0.347 e. The van der Waals surface area contributed by atoms with Crippen molar-refractivity contribution >= 4 is 17.5 Å². The van der Waals surface area contributed by atoms with Crippen LogP contribution in [0.25, 0.3) is 22.8 Å². The van der Waals surface area contributed by atoms with Crippen molar-refractivity contribution in [3.8, 4) is 22.8 Å². The molecule has 0 fully saturated rings. The highest BCUT2D eigenvalue weighted by Gasteiger charge is 2.22. The molecule has 0 unspecified atom stereocenters. The first-order chi connectivity index (χ1) is 11.6. The molecule has 0 aliphatic carbocycles. The molecule has 1 aliphatic rings. The molecule has 2 N–H and O–H groups in total. The molecule has 4 rings (SSSR count). The smallest absolute Gasteiger partial charge is 0.245 e. The van der Waals surface area contributed by atoms with Gasteiger partial charge < -0.3 is 15.2 Å². The van der Waals surface area contributed by atoms with Gasteiger partial charge in [-0.3, -0.25) is 4.79 Å². The van der Waals surface area contributed by atoms with E-state index in [-0.39, 0.29) is 12.5 Å². The number of hydrogen-bond donors (Lipinski definition) is 2. The predicted molar refractivity (Wildman–Crippen MR) is 87.3 cm³/mol. The van der Waals surface area contributed by atoms with Crippen molar-refractivity contribution in [2.75, 3.05) is 23.8 Å². The van der Waals surface area contributed by atoms with E-state index in [1.54, 1.807) is 11.1 Å². The second kappa shape index (κ2) is 5.37. The van der Waals surface area contributed by atoms with Crippen LogP contribution in [0.1, 0.15) is 5.69 Å². The molecule has 0 spiro atoms. The van der Waals surface area contributed by atoms with Crippen molar-refractivity contribution < 1.29 is 4.79 Å². The monoisotopic (exact) mass is 322 g/mol. The molecule has 4 heterocycles. The molecule has 24 heavy (non-hydrogen) atoms. The Bertz CT molecular complexity index is 921. The number of aryl methyl sites for hydroxylation is 1. The van der Waals surface area contributed by atoms with Crippen LogP contribution in [0.15, 0.2) is 24.7 Å². The Morgan fingerprint density at radius 1 is 1.21 bits per heavy atom. The zero-order valence-electron chi connectivity index (χ0n) is 13.1. The molecule has 0 bridgehead atoms. The summed E-state index contributed by atoms with van der Waals surface area (Å²) in [4.78, 5) is 29.7. The molecular weight excluding hydrogens is 308 g/mol. The fourth-order valence-corrected chi connectivity index (χ4v) is 2.62. The van der Waals surface area contributed by atoms with Gasteiger partial charge >= 0.3 is 0 Å². The van der Waals surface area contributed by atoms with E-state index < -0.39 is 0 Å². The van der Waals surface area contributed by atoms with Gasteiger partial charge in [-0.2, -0.15) is 0 Å². The van der Waals surface area contributed by atoms with Gasteiger partial charge in [-0.15, -0.1) is 10.2 Å². The molecule has 3 aromatic heterocycles. The van der Waals surface area contributed by atoms with Crippen molar-refractivity contribution in [2.45, 2.75) is 6.92 Å². The minimum absolute atomic E-state index is 0.0960. The number of aromatic amines is 1. The van der Waals surface area contributed by atoms with Crippen molar-refractivity contribution in [3.63, 3.8) is 0 Å². The maximum atomic E-state index is 11.6. The van der Waals surface area contributed by atoms with Crippen LogP contribution >= 0.6 is 0 Å². The number of carbonyl (C=O) groups is 1. The Labute approximate surface area is 137 Å². The number of likely N-dealkylation sites (N-methyl/N-ethyl adjacent to an activating group) is 1. The molecule has 1 amide bonds. The summed E-state index contributed by atoms with van der Waals surface area (Å²) in [6.45, 7) is 2.16. The summed E-state index contributed by atoms with van der Waals surface area (Å²) in [5, 5.41) is 10.4. The first kappa shape index (κ1) is 14.2. The Balaban J connectivity index is 1.74. The number of H-pyrrole nitrogens is 1. The lowest BCUT2D eigenvalue weighted by atomic mass is 10.1. The van der Waals surface area contributed by atoms with Crippen molar-refractivity contribution in [1.29, 1.82) is 0 Å². The Morgan fingerprint density at radius 2 is 2.08 bits per heavy atom. The van der Waals surface area contributed by atoms with Crippen molar-refractivity contribution in [3.05, 3.63) is 30.4 Å². The minimum atomic E-state index is -0.0960. The van der Waals surface area contributed by atoms with Gasteiger partial charge in [0.1, 0.15) is 12.0 Å². The highest BCUT2D eigenvalue weighted by molar-refractivity contribution is 5.99. The minimum Gasteiger partial charge on any atom is -0.347 e. The van der Waals surface area contributed by atoms with Gasteiger partial charge in [-0.25, -0.2) is 15.0 Å². The van der Waals surface area contributed by atoms with Gasteiger partial charge in [0.15, 0.2) is 17.5 Å². The average Bonchev–Trinajstić information content (AvgIpc) is 3.09. The summed E-state index contributed by atoms with van der Waals surface area (Å²) in [5.74, 6) is 1.64. The number of anilines is 2. The van der Waals surface area contributed by atoms with Gasteiger partial charge in [-0.05, 0) is 19.1 Å². The Morgan fingerprint density at radius 3 is 2.83 bits per heavy atom.